The van der Waals surface area contributed by atoms with Gasteiger partial charge in [0.25, 0.3) is 11.8 Å². The predicted molar refractivity (Wildman–Crippen MR) is 111 cm³/mol. The fourth-order valence-electron chi connectivity index (χ4n) is 3.20. The highest BCUT2D eigenvalue weighted by Gasteiger charge is 2.41. The molecule has 0 bridgehead atoms. The minimum absolute atomic E-state index is 0.130. The number of carbonyl (C=O) groups is 2. The number of benzene rings is 2. The molecule has 2 heterocycles. The molecule has 0 saturated carbocycles. The van der Waals surface area contributed by atoms with Crippen molar-refractivity contribution in [3.63, 3.8) is 0 Å². The summed E-state index contributed by atoms with van der Waals surface area (Å²) in [6.07, 6.45) is 0. The van der Waals surface area contributed by atoms with Crippen LogP contribution in [0.1, 0.15) is 10.4 Å². The number of methoxy groups -OCH3 is 1. The number of hydrogen-bond donors (Lipinski definition) is 1. The van der Waals surface area contributed by atoms with Gasteiger partial charge in [0.1, 0.15) is 17.3 Å². The van der Waals surface area contributed by atoms with Crippen molar-refractivity contribution in [1.29, 1.82) is 0 Å². The number of anilines is 2. The lowest BCUT2D eigenvalue weighted by atomic mass is 10.1. The molecule has 1 aliphatic heterocycles. The second-order valence-electron chi connectivity index (χ2n) is 6.48. The maximum atomic E-state index is 13.7. The molecule has 5 nitrogen and oxygen atoms in total. The standard InChI is InChI=1S/C22H17FN2O3S/c1-13-8-9-17(28-2)16(11-13)24-20-19(18-7-4-10-29-18)21(26)25(22(20)27)15-6-3-5-14(23)12-15/h3-12,24H,1-2H3. The van der Waals surface area contributed by atoms with Crippen LogP contribution in [0.3, 0.4) is 0 Å². The number of nitrogens with one attached hydrogen (secondary N) is 1. The number of rotatable bonds is 5. The van der Waals surface area contributed by atoms with Crippen LogP contribution in [0.2, 0.25) is 0 Å². The average molecular weight is 408 g/mol. The van der Waals surface area contributed by atoms with Crippen molar-refractivity contribution in [3.05, 3.63) is 81.9 Å². The molecule has 29 heavy (non-hydrogen) atoms. The summed E-state index contributed by atoms with van der Waals surface area (Å²) < 4.78 is 19.1. The van der Waals surface area contributed by atoms with Crippen LogP contribution in [0.25, 0.3) is 5.57 Å². The third-order valence-electron chi connectivity index (χ3n) is 4.53. The summed E-state index contributed by atoms with van der Waals surface area (Å²) in [5.74, 6) is -1.04. The number of carbonyl (C=O) groups excluding carboxylic acids is 2. The number of nitrogens with zero attached hydrogens (tertiary/aromatic N) is 1. The first kappa shape index (κ1) is 18.9. The van der Waals surface area contributed by atoms with Gasteiger partial charge in [0, 0.05) is 4.88 Å². The van der Waals surface area contributed by atoms with Gasteiger partial charge >= 0.3 is 0 Å². The predicted octanol–water partition coefficient (Wildman–Crippen LogP) is 4.60. The van der Waals surface area contributed by atoms with Gasteiger partial charge in [-0.3, -0.25) is 9.59 Å². The Hall–Kier alpha value is -3.45. The highest BCUT2D eigenvalue weighted by Crippen LogP contribution is 2.37. The van der Waals surface area contributed by atoms with E-state index >= 15 is 0 Å². The zero-order valence-electron chi connectivity index (χ0n) is 15.7. The van der Waals surface area contributed by atoms with Crippen molar-refractivity contribution in [2.45, 2.75) is 6.92 Å². The molecule has 2 amide bonds. The van der Waals surface area contributed by atoms with Gasteiger partial charge in [-0.1, -0.05) is 18.2 Å². The van der Waals surface area contributed by atoms with E-state index in [0.29, 0.717) is 16.3 Å². The fourth-order valence-corrected chi connectivity index (χ4v) is 3.97. The normalized spacial score (nSPS) is 14.0. The van der Waals surface area contributed by atoms with E-state index in [2.05, 4.69) is 5.32 Å². The molecule has 4 rings (SSSR count). The van der Waals surface area contributed by atoms with Crippen molar-refractivity contribution < 1.29 is 18.7 Å². The number of imide groups is 1. The molecule has 1 aliphatic rings. The molecule has 0 spiro atoms. The monoisotopic (exact) mass is 408 g/mol. The summed E-state index contributed by atoms with van der Waals surface area (Å²) in [6.45, 7) is 1.92. The minimum atomic E-state index is -0.549. The lowest BCUT2D eigenvalue weighted by Gasteiger charge is -2.16. The van der Waals surface area contributed by atoms with E-state index < -0.39 is 17.6 Å². The highest BCUT2D eigenvalue weighted by molar-refractivity contribution is 7.11. The second kappa shape index (κ2) is 7.52. The van der Waals surface area contributed by atoms with Gasteiger partial charge in [-0.2, -0.15) is 0 Å². The van der Waals surface area contributed by atoms with Gasteiger partial charge in [-0.15, -0.1) is 11.3 Å². The van der Waals surface area contributed by atoms with E-state index in [9.17, 15) is 14.0 Å². The van der Waals surface area contributed by atoms with Gasteiger partial charge in [0.15, 0.2) is 0 Å². The summed E-state index contributed by atoms with van der Waals surface area (Å²) in [5, 5.41) is 4.92. The number of aryl methyl sites for hydroxylation is 1. The number of thiophene rings is 1. The van der Waals surface area contributed by atoms with Crippen LogP contribution in [-0.4, -0.2) is 18.9 Å². The molecular weight excluding hydrogens is 391 g/mol. The van der Waals surface area contributed by atoms with Crippen LogP contribution >= 0.6 is 11.3 Å². The van der Waals surface area contributed by atoms with Gasteiger partial charge in [0.05, 0.1) is 24.1 Å². The van der Waals surface area contributed by atoms with Crippen molar-refractivity contribution >= 4 is 40.1 Å². The minimum Gasteiger partial charge on any atom is -0.495 e. The van der Waals surface area contributed by atoms with Crippen LogP contribution in [-0.2, 0) is 9.59 Å². The van der Waals surface area contributed by atoms with Crippen molar-refractivity contribution in [2.75, 3.05) is 17.3 Å². The molecule has 0 aliphatic carbocycles. The largest absolute Gasteiger partial charge is 0.495 e. The van der Waals surface area contributed by atoms with Crippen LogP contribution in [0.15, 0.2) is 65.7 Å². The molecule has 3 aromatic rings. The Labute approximate surface area is 171 Å². The zero-order valence-corrected chi connectivity index (χ0v) is 16.5. The van der Waals surface area contributed by atoms with Gasteiger partial charge in [-0.25, -0.2) is 9.29 Å². The van der Waals surface area contributed by atoms with E-state index in [1.807, 2.05) is 24.4 Å². The molecule has 0 fully saturated rings. The summed E-state index contributed by atoms with van der Waals surface area (Å²) in [7, 11) is 1.53. The van der Waals surface area contributed by atoms with Crippen molar-refractivity contribution in [3.8, 4) is 5.75 Å². The van der Waals surface area contributed by atoms with E-state index in [0.717, 1.165) is 16.5 Å². The van der Waals surface area contributed by atoms with Gasteiger partial charge in [-0.05, 0) is 54.3 Å². The number of ether oxygens (including phenoxy) is 1. The topological polar surface area (TPSA) is 58.6 Å². The number of amides is 2. The molecule has 2 aromatic carbocycles. The van der Waals surface area contributed by atoms with E-state index in [1.54, 1.807) is 18.2 Å². The maximum Gasteiger partial charge on any atom is 0.282 e. The van der Waals surface area contributed by atoms with Crippen LogP contribution < -0.4 is 15.0 Å². The molecule has 7 heteroatoms. The summed E-state index contributed by atoms with van der Waals surface area (Å²) in [4.78, 5) is 28.1. The Morgan fingerprint density at radius 2 is 1.86 bits per heavy atom. The fraction of sp³-hybridized carbons (Fsp3) is 0.0909. The van der Waals surface area contributed by atoms with E-state index in [4.69, 9.17) is 4.74 Å². The SMILES string of the molecule is COc1ccc(C)cc1NC1=C(c2cccs2)C(=O)N(c2cccc(F)c2)C1=O. The Kier molecular flexibility index (Phi) is 4.90. The van der Waals surface area contributed by atoms with Gasteiger partial charge < -0.3 is 10.1 Å². The van der Waals surface area contributed by atoms with Gasteiger partial charge in [0.2, 0.25) is 0 Å². The second-order valence-corrected chi connectivity index (χ2v) is 7.43. The lowest BCUT2D eigenvalue weighted by molar-refractivity contribution is -0.120. The quantitative estimate of drug-likeness (QED) is 0.627. The van der Waals surface area contributed by atoms with Crippen molar-refractivity contribution in [1.82, 2.24) is 0 Å². The molecule has 0 atom stereocenters. The van der Waals surface area contributed by atoms with Crippen LogP contribution in [0.5, 0.6) is 5.75 Å². The summed E-state index contributed by atoms with van der Waals surface area (Å²) >= 11 is 1.35. The highest BCUT2D eigenvalue weighted by atomic mass is 32.1. The maximum absolute atomic E-state index is 13.7. The molecule has 0 saturated heterocycles. The Bertz CT molecular complexity index is 1140. The van der Waals surface area contributed by atoms with Crippen LogP contribution in [0, 0.1) is 12.7 Å². The first-order valence-corrected chi connectivity index (χ1v) is 9.71. The molecule has 0 unspecified atom stereocenters. The molecule has 146 valence electrons. The smallest absolute Gasteiger partial charge is 0.282 e. The molecule has 1 aromatic heterocycles. The van der Waals surface area contributed by atoms with Crippen LogP contribution in [0.4, 0.5) is 15.8 Å². The first-order valence-electron chi connectivity index (χ1n) is 8.83. The van der Waals surface area contributed by atoms with E-state index in [-0.39, 0.29) is 17.0 Å². The number of halogens is 1. The molecule has 0 radical (unpaired) electrons. The third kappa shape index (κ3) is 3.40. The first-order chi connectivity index (χ1) is 14.0. The van der Waals surface area contributed by atoms with Crippen molar-refractivity contribution in [2.24, 2.45) is 0 Å². The molecular formula is C22H17FN2O3S. The summed E-state index contributed by atoms with van der Waals surface area (Å²) in [5.41, 5.74) is 2.09. The third-order valence-corrected chi connectivity index (χ3v) is 5.42. The van der Waals surface area contributed by atoms with E-state index in [1.165, 1.54) is 36.6 Å². The number of hydrogen-bond acceptors (Lipinski definition) is 5. The Morgan fingerprint density at radius 1 is 1.03 bits per heavy atom. The lowest BCUT2D eigenvalue weighted by Crippen LogP contribution is -2.32. The zero-order chi connectivity index (χ0) is 20.5. The average Bonchev–Trinajstić information content (AvgIpc) is 3.29. The Morgan fingerprint density at radius 3 is 2.55 bits per heavy atom. The molecule has 1 N–H and O–H groups in total. The Balaban J connectivity index is 1.83. The summed E-state index contributed by atoms with van der Waals surface area (Å²) in [6, 6.07) is 14.5.